The van der Waals surface area contributed by atoms with E-state index in [4.69, 9.17) is 14.2 Å². The van der Waals surface area contributed by atoms with Crippen molar-refractivity contribution in [3.8, 4) is 23.1 Å². The quantitative estimate of drug-likeness (QED) is 0.616. The lowest BCUT2D eigenvalue weighted by molar-refractivity contribution is -0.386. The molecule has 0 N–H and O–H groups in total. The Labute approximate surface area is 114 Å². The molecule has 104 valence electrons. The van der Waals surface area contributed by atoms with Crippen molar-refractivity contribution in [1.29, 1.82) is 0 Å². The van der Waals surface area contributed by atoms with Gasteiger partial charge in [-0.1, -0.05) is 6.07 Å². The SMILES string of the molecule is COc1cccc(Oc2ncccc2[N+](=O)[O-])c1OC. The van der Waals surface area contributed by atoms with Crippen LogP contribution in [0.1, 0.15) is 0 Å². The summed E-state index contributed by atoms with van der Waals surface area (Å²) in [6, 6.07) is 7.77. The van der Waals surface area contributed by atoms with Crippen molar-refractivity contribution in [1.82, 2.24) is 4.98 Å². The average Bonchev–Trinajstić information content (AvgIpc) is 2.47. The second kappa shape index (κ2) is 5.87. The molecule has 7 nitrogen and oxygen atoms in total. The Hall–Kier alpha value is -2.83. The van der Waals surface area contributed by atoms with E-state index in [1.54, 1.807) is 18.2 Å². The summed E-state index contributed by atoms with van der Waals surface area (Å²) in [5.41, 5.74) is -0.225. The van der Waals surface area contributed by atoms with E-state index in [2.05, 4.69) is 4.98 Å². The predicted octanol–water partition coefficient (Wildman–Crippen LogP) is 2.80. The molecule has 0 atom stereocenters. The van der Waals surface area contributed by atoms with Crippen LogP contribution in [-0.4, -0.2) is 24.1 Å². The summed E-state index contributed by atoms with van der Waals surface area (Å²) in [6.45, 7) is 0. The number of nitrogens with zero attached hydrogens (tertiary/aromatic N) is 2. The second-order valence-corrected chi connectivity index (χ2v) is 3.68. The van der Waals surface area contributed by atoms with Gasteiger partial charge in [0.2, 0.25) is 5.75 Å². The van der Waals surface area contributed by atoms with Crippen LogP contribution in [0.2, 0.25) is 0 Å². The molecule has 2 aromatic rings. The Kier molecular flexibility index (Phi) is 3.99. The van der Waals surface area contributed by atoms with Crippen LogP contribution < -0.4 is 14.2 Å². The Morgan fingerprint density at radius 1 is 1.10 bits per heavy atom. The Morgan fingerprint density at radius 2 is 1.85 bits per heavy atom. The number of para-hydroxylation sites is 1. The molecule has 0 unspecified atom stereocenters. The van der Waals surface area contributed by atoms with Gasteiger partial charge in [-0.3, -0.25) is 10.1 Å². The Morgan fingerprint density at radius 3 is 2.50 bits per heavy atom. The lowest BCUT2D eigenvalue weighted by Crippen LogP contribution is -1.98. The third kappa shape index (κ3) is 2.61. The van der Waals surface area contributed by atoms with Crippen molar-refractivity contribution >= 4 is 5.69 Å². The number of methoxy groups -OCH3 is 2. The van der Waals surface area contributed by atoms with Gasteiger partial charge in [0.25, 0.3) is 5.88 Å². The smallest absolute Gasteiger partial charge is 0.331 e. The van der Waals surface area contributed by atoms with Crippen molar-refractivity contribution in [2.24, 2.45) is 0 Å². The zero-order chi connectivity index (χ0) is 14.5. The number of hydrogen-bond donors (Lipinski definition) is 0. The summed E-state index contributed by atoms with van der Waals surface area (Å²) in [7, 11) is 2.95. The molecular formula is C13H12N2O5. The molecule has 0 aliphatic rings. The van der Waals surface area contributed by atoms with Crippen molar-refractivity contribution in [3.05, 3.63) is 46.6 Å². The van der Waals surface area contributed by atoms with Gasteiger partial charge in [0.1, 0.15) is 0 Å². The number of ether oxygens (including phenoxy) is 3. The first-order valence-electron chi connectivity index (χ1n) is 5.65. The second-order valence-electron chi connectivity index (χ2n) is 3.68. The van der Waals surface area contributed by atoms with Crippen molar-refractivity contribution in [2.45, 2.75) is 0 Å². The van der Waals surface area contributed by atoms with E-state index >= 15 is 0 Å². The summed E-state index contributed by atoms with van der Waals surface area (Å²) in [5, 5.41) is 10.9. The van der Waals surface area contributed by atoms with Gasteiger partial charge in [0, 0.05) is 12.3 Å². The van der Waals surface area contributed by atoms with E-state index < -0.39 is 4.92 Å². The fourth-order valence-electron chi connectivity index (χ4n) is 1.64. The summed E-state index contributed by atoms with van der Waals surface area (Å²) in [4.78, 5) is 14.2. The molecule has 0 aliphatic heterocycles. The fourth-order valence-corrected chi connectivity index (χ4v) is 1.64. The summed E-state index contributed by atoms with van der Waals surface area (Å²) in [5.74, 6) is 0.983. The number of benzene rings is 1. The lowest BCUT2D eigenvalue weighted by Gasteiger charge is -2.12. The molecule has 0 amide bonds. The minimum atomic E-state index is -0.561. The number of rotatable bonds is 5. The minimum absolute atomic E-state index is 0.107. The van der Waals surface area contributed by atoms with E-state index in [0.717, 1.165) is 0 Å². The molecule has 0 bridgehead atoms. The maximum atomic E-state index is 10.9. The molecular weight excluding hydrogens is 264 g/mol. The highest BCUT2D eigenvalue weighted by atomic mass is 16.6. The molecule has 1 heterocycles. The third-order valence-corrected chi connectivity index (χ3v) is 2.52. The van der Waals surface area contributed by atoms with E-state index in [0.29, 0.717) is 11.5 Å². The zero-order valence-corrected chi connectivity index (χ0v) is 10.9. The highest BCUT2D eigenvalue weighted by Crippen LogP contribution is 2.40. The van der Waals surface area contributed by atoms with E-state index in [9.17, 15) is 10.1 Å². The van der Waals surface area contributed by atoms with Crippen LogP contribution >= 0.6 is 0 Å². The maximum Gasteiger partial charge on any atom is 0.331 e. The molecule has 0 saturated heterocycles. The van der Waals surface area contributed by atoms with Gasteiger partial charge in [0.15, 0.2) is 11.5 Å². The van der Waals surface area contributed by atoms with E-state index in [1.807, 2.05) is 0 Å². The Bertz CT molecular complexity index is 630. The highest BCUT2D eigenvalue weighted by molar-refractivity contribution is 5.53. The molecule has 1 aromatic heterocycles. The molecule has 1 aromatic carbocycles. The van der Waals surface area contributed by atoms with Crippen molar-refractivity contribution < 1.29 is 19.1 Å². The molecule has 0 saturated carbocycles. The molecule has 20 heavy (non-hydrogen) atoms. The Balaban J connectivity index is 2.43. The summed E-state index contributed by atoms with van der Waals surface area (Å²) < 4.78 is 15.8. The van der Waals surface area contributed by atoms with Gasteiger partial charge in [-0.15, -0.1) is 0 Å². The highest BCUT2D eigenvalue weighted by Gasteiger charge is 2.19. The van der Waals surface area contributed by atoms with Crippen LogP contribution in [0.3, 0.4) is 0 Å². The van der Waals surface area contributed by atoms with Crippen LogP contribution in [0.4, 0.5) is 5.69 Å². The lowest BCUT2D eigenvalue weighted by atomic mass is 10.3. The van der Waals surface area contributed by atoms with Crippen molar-refractivity contribution in [2.75, 3.05) is 14.2 Å². The maximum absolute atomic E-state index is 10.9. The number of aromatic nitrogens is 1. The summed E-state index contributed by atoms with van der Waals surface area (Å²) in [6.07, 6.45) is 1.41. The minimum Gasteiger partial charge on any atom is -0.493 e. The van der Waals surface area contributed by atoms with Gasteiger partial charge in [-0.2, -0.15) is 0 Å². The number of nitro groups is 1. The van der Waals surface area contributed by atoms with Gasteiger partial charge < -0.3 is 14.2 Å². The monoisotopic (exact) mass is 276 g/mol. The fraction of sp³-hybridized carbons (Fsp3) is 0.154. The van der Waals surface area contributed by atoms with Crippen LogP contribution in [0, 0.1) is 10.1 Å². The van der Waals surface area contributed by atoms with Gasteiger partial charge in [0.05, 0.1) is 19.1 Å². The molecule has 0 spiro atoms. The first-order chi connectivity index (χ1) is 9.67. The molecule has 0 aliphatic carbocycles. The topological polar surface area (TPSA) is 83.7 Å². The molecule has 2 rings (SSSR count). The van der Waals surface area contributed by atoms with Crippen molar-refractivity contribution in [3.63, 3.8) is 0 Å². The van der Waals surface area contributed by atoms with Crippen LogP contribution in [0.15, 0.2) is 36.5 Å². The van der Waals surface area contributed by atoms with E-state index in [1.165, 1.54) is 32.5 Å². The average molecular weight is 276 g/mol. The molecule has 0 radical (unpaired) electrons. The standard InChI is InChI=1S/C13H12N2O5/c1-18-10-6-3-7-11(12(10)19-2)20-13-9(15(16)17)5-4-8-14-13/h3-8H,1-2H3. The zero-order valence-electron chi connectivity index (χ0n) is 10.9. The third-order valence-electron chi connectivity index (χ3n) is 2.52. The van der Waals surface area contributed by atoms with Gasteiger partial charge >= 0.3 is 5.69 Å². The van der Waals surface area contributed by atoms with E-state index in [-0.39, 0.29) is 17.3 Å². The normalized spacial score (nSPS) is 9.90. The molecule has 7 heteroatoms. The largest absolute Gasteiger partial charge is 0.493 e. The van der Waals surface area contributed by atoms with Crippen LogP contribution in [0.5, 0.6) is 23.1 Å². The van der Waals surface area contributed by atoms with Crippen LogP contribution in [-0.2, 0) is 0 Å². The van der Waals surface area contributed by atoms with Gasteiger partial charge in [-0.25, -0.2) is 4.98 Å². The first kappa shape index (κ1) is 13.6. The summed E-state index contributed by atoms with van der Waals surface area (Å²) >= 11 is 0. The number of pyridine rings is 1. The molecule has 0 fully saturated rings. The number of hydrogen-bond acceptors (Lipinski definition) is 6. The van der Waals surface area contributed by atoms with Gasteiger partial charge in [-0.05, 0) is 18.2 Å². The predicted molar refractivity (Wildman–Crippen MR) is 70.5 cm³/mol. The van der Waals surface area contributed by atoms with Crippen LogP contribution in [0.25, 0.3) is 0 Å². The first-order valence-corrected chi connectivity index (χ1v) is 5.65.